The van der Waals surface area contributed by atoms with Crippen LogP contribution in [0.25, 0.3) is 24.3 Å². The molecule has 6 aromatic carbocycles. The van der Waals surface area contributed by atoms with E-state index >= 15 is 0 Å². The van der Waals surface area contributed by atoms with Crippen LogP contribution in [0.3, 0.4) is 0 Å². The van der Waals surface area contributed by atoms with Crippen molar-refractivity contribution in [3.63, 3.8) is 0 Å². The zero-order valence-electron chi connectivity index (χ0n) is 39.3. The molecule has 0 fully saturated rings. The van der Waals surface area contributed by atoms with E-state index in [2.05, 4.69) is 184 Å². The number of hydrogen-bond donors (Lipinski definition) is 2. The Morgan fingerprint density at radius 1 is 0.415 bits per heavy atom. The van der Waals surface area contributed by atoms with E-state index in [0.29, 0.717) is 11.5 Å². The lowest BCUT2D eigenvalue weighted by Gasteiger charge is -2.25. The van der Waals surface area contributed by atoms with Crippen LogP contribution in [0.4, 0.5) is 0 Å². The van der Waals surface area contributed by atoms with Gasteiger partial charge in [0.2, 0.25) is 0 Å². The van der Waals surface area contributed by atoms with Gasteiger partial charge in [-0.1, -0.05) is 223 Å². The molecule has 0 radical (unpaired) electrons. The highest BCUT2D eigenvalue weighted by Gasteiger charge is 2.25. The predicted molar refractivity (Wildman–Crippen MR) is 278 cm³/mol. The highest BCUT2D eigenvalue weighted by atomic mass is 16.5. The van der Waals surface area contributed by atoms with Gasteiger partial charge in [0.15, 0.2) is 0 Å². The van der Waals surface area contributed by atoms with Gasteiger partial charge in [-0.05, 0) is 119 Å². The molecule has 6 aromatic rings. The van der Waals surface area contributed by atoms with Crippen LogP contribution in [0.1, 0.15) is 161 Å². The lowest BCUT2D eigenvalue weighted by atomic mass is 9.79. The first-order valence-electron chi connectivity index (χ1n) is 24.1. The summed E-state index contributed by atoms with van der Waals surface area (Å²) in [5, 5.41) is 22.7. The molecular formula is C62H70O3. The smallest absolute Gasteiger partial charge is 0.127 e. The summed E-state index contributed by atoms with van der Waals surface area (Å²) >= 11 is 0. The number of benzene rings is 6. The van der Waals surface area contributed by atoms with Crippen LogP contribution in [0.2, 0.25) is 0 Å². The fraction of sp³-hybridized carbons (Fsp3) is 0.290. The van der Waals surface area contributed by atoms with Crippen molar-refractivity contribution in [1.29, 1.82) is 0 Å². The molecule has 2 atom stereocenters. The van der Waals surface area contributed by atoms with E-state index in [-0.39, 0.29) is 11.8 Å². The molecule has 0 saturated heterocycles. The molecule has 3 heteroatoms. The van der Waals surface area contributed by atoms with E-state index in [0.717, 1.165) is 94.6 Å². The standard InChI is InChI=1S/C62H70O3/c1-5-7-9-11-19-31-57(47(3)63)61(59-33-23-21-29-51(59)37-35-49-25-15-13-16-26-49)53-39-43-55(44-40-53)65-56-45-41-54(42-46-56)62(58(48(4)64)32-20-12-10-8-6-2)60-34-24-22-30-52(60)38-36-50-27-17-14-18-28-50/h13-18,21-30,33-46,61-64H,5-12,19-20,31-32H2,1-4H3/b37-35-,38-36-,57-47-,58-48-. The first-order valence-corrected chi connectivity index (χ1v) is 24.1. The van der Waals surface area contributed by atoms with Crippen molar-refractivity contribution < 1.29 is 14.9 Å². The molecule has 0 aliphatic carbocycles. The van der Waals surface area contributed by atoms with Crippen molar-refractivity contribution in [2.24, 2.45) is 0 Å². The zero-order valence-corrected chi connectivity index (χ0v) is 39.3. The highest BCUT2D eigenvalue weighted by Crippen LogP contribution is 2.41. The van der Waals surface area contributed by atoms with E-state index in [4.69, 9.17) is 4.74 Å². The average Bonchev–Trinajstić information content (AvgIpc) is 3.33. The van der Waals surface area contributed by atoms with Crippen LogP contribution in [-0.4, -0.2) is 10.2 Å². The summed E-state index contributed by atoms with van der Waals surface area (Å²) in [5.74, 6) is 2.04. The average molecular weight is 863 g/mol. The first-order chi connectivity index (χ1) is 31.9. The van der Waals surface area contributed by atoms with Gasteiger partial charge in [0.05, 0.1) is 11.5 Å². The van der Waals surface area contributed by atoms with E-state index in [9.17, 15) is 10.2 Å². The molecule has 0 bridgehead atoms. The molecule has 0 spiro atoms. The number of rotatable bonds is 24. The summed E-state index contributed by atoms with van der Waals surface area (Å²) in [6.07, 6.45) is 22.0. The minimum absolute atomic E-state index is 0.123. The van der Waals surface area contributed by atoms with E-state index < -0.39 is 0 Å². The number of unbranched alkanes of at least 4 members (excludes halogenated alkanes) is 8. The molecule has 2 unspecified atom stereocenters. The Kier molecular flexibility index (Phi) is 19.1. The molecule has 3 nitrogen and oxygen atoms in total. The molecule has 0 amide bonds. The Morgan fingerprint density at radius 3 is 1.14 bits per heavy atom. The largest absolute Gasteiger partial charge is 0.513 e. The van der Waals surface area contributed by atoms with Gasteiger partial charge in [-0.3, -0.25) is 0 Å². The normalized spacial score (nSPS) is 13.4. The molecule has 65 heavy (non-hydrogen) atoms. The van der Waals surface area contributed by atoms with Gasteiger partial charge >= 0.3 is 0 Å². The topological polar surface area (TPSA) is 49.7 Å². The Hall–Kier alpha value is -6.32. The second-order valence-electron chi connectivity index (χ2n) is 17.4. The first kappa shape index (κ1) is 48.1. The Balaban J connectivity index is 1.30. The van der Waals surface area contributed by atoms with E-state index in [1.807, 2.05) is 26.0 Å². The third-order valence-electron chi connectivity index (χ3n) is 12.5. The third-order valence-corrected chi connectivity index (χ3v) is 12.5. The summed E-state index contributed by atoms with van der Waals surface area (Å²) in [6.45, 7) is 8.18. The number of hydrogen-bond acceptors (Lipinski definition) is 3. The quantitative estimate of drug-likeness (QED) is 0.0362. The maximum absolute atomic E-state index is 11.3. The van der Waals surface area contributed by atoms with Crippen molar-refractivity contribution >= 4 is 24.3 Å². The minimum Gasteiger partial charge on any atom is -0.513 e. The third kappa shape index (κ3) is 14.3. The van der Waals surface area contributed by atoms with Gasteiger partial charge < -0.3 is 14.9 Å². The fourth-order valence-corrected chi connectivity index (χ4v) is 8.99. The number of aliphatic hydroxyl groups excluding tert-OH is 2. The Bertz CT molecular complexity index is 2270. The van der Waals surface area contributed by atoms with Crippen LogP contribution in [0.15, 0.2) is 180 Å². The van der Waals surface area contributed by atoms with Gasteiger partial charge in [-0.2, -0.15) is 0 Å². The van der Waals surface area contributed by atoms with Crippen LogP contribution in [0, 0.1) is 0 Å². The molecule has 336 valence electrons. The summed E-state index contributed by atoms with van der Waals surface area (Å²) in [5.41, 5.74) is 11.2. The number of allylic oxidation sites excluding steroid dienone is 4. The second kappa shape index (κ2) is 25.8. The Labute approximate surface area is 390 Å². The summed E-state index contributed by atoms with van der Waals surface area (Å²) in [6, 6.07) is 54.8. The zero-order chi connectivity index (χ0) is 45.6. The summed E-state index contributed by atoms with van der Waals surface area (Å²) < 4.78 is 6.56. The molecule has 0 aromatic heterocycles. The summed E-state index contributed by atoms with van der Waals surface area (Å²) in [4.78, 5) is 0. The maximum Gasteiger partial charge on any atom is 0.127 e. The molecule has 0 aliphatic heterocycles. The van der Waals surface area contributed by atoms with Gasteiger partial charge in [-0.25, -0.2) is 0 Å². The molecular weight excluding hydrogens is 793 g/mol. The van der Waals surface area contributed by atoms with Gasteiger partial charge in [0, 0.05) is 11.8 Å². The fourth-order valence-electron chi connectivity index (χ4n) is 8.99. The Morgan fingerprint density at radius 2 is 0.769 bits per heavy atom. The van der Waals surface area contributed by atoms with Crippen LogP contribution >= 0.6 is 0 Å². The number of ether oxygens (including phenoxy) is 1. The lowest BCUT2D eigenvalue weighted by molar-refractivity contribution is 0.397. The molecule has 2 N–H and O–H groups in total. The predicted octanol–water partition coefficient (Wildman–Crippen LogP) is 18.5. The van der Waals surface area contributed by atoms with Gasteiger partial charge in [0.1, 0.15) is 11.5 Å². The van der Waals surface area contributed by atoms with Crippen LogP contribution in [0.5, 0.6) is 11.5 Å². The van der Waals surface area contributed by atoms with Crippen molar-refractivity contribution in [1.82, 2.24) is 0 Å². The number of aliphatic hydroxyl groups is 2. The van der Waals surface area contributed by atoms with Gasteiger partial charge in [-0.15, -0.1) is 0 Å². The van der Waals surface area contributed by atoms with E-state index in [1.165, 1.54) is 49.7 Å². The van der Waals surface area contributed by atoms with Crippen LogP contribution in [-0.2, 0) is 0 Å². The van der Waals surface area contributed by atoms with Crippen molar-refractivity contribution in [2.45, 2.75) is 117 Å². The molecule has 0 aliphatic rings. The SMILES string of the molecule is CCCCCCC/C(=C(\C)O)C(c1ccc(Oc2ccc(C(/C(CCCCCCC)=C(/C)O)c3ccccc3/C=C\c3ccccc3)cc2)cc1)c1ccccc1/C=C\c1ccccc1. The molecule has 0 heterocycles. The maximum atomic E-state index is 11.3. The van der Waals surface area contributed by atoms with Crippen LogP contribution < -0.4 is 4.74 Å². The molecule has 0 saturated carbocycles. The molecule has 6 rings (SSSR count). The lowest BCUT2D eigenvalue weighted by Crippen LogP contribution is -2.09. The van der Waals surface area contributed by atoms with E-state index in [1.54, 1.807) is 0 Å². The summed E-state index contributed by atoms with van der Waals surface area (Å²) in [7, 11) is 0. The highest BCUT2D eigenvalue weighted by molar-refractivity contribution is 5.73. The monoisotopic (exact) mass is 863 g/mol. The van der Waals surface area contributed by atoms with Crippen molar-refractivity contribution in [3.8, 4) is 11.5 Å². The minimum atomic E-state index is -0.123. The second-order valence-corrected chi connectivity index (χ2v) is 17.4. The van der Waals surface area contributed by atoms with Crippen molar-refractivity contribution in [2.75, 3.05) is 0 Å². The van der Waals surface area contributed by atoms with Gasteiger partial charge in [0.25, 0.3) is 0 Å². The van der Waals surface area contributed by atoms with Crippen molar-refractivity contribution in [3.05, 3.63) is 225 Å².